The van der Waals surface area contributed by atoms with Gasteiger partial charge in [0.2, 0.25) is 0 Å². The molecular formula is C69H47N5OPt-2. The maximum atomic E-state index is 9.09. The molecule has 10 aromatic carbocycles. The molecule has 0 N–H and O–H groups in total. The van der Waals surface area contributed by atoms with E-state index in [1.807, 2.05) is 72.9 Å². The van der Waals surface area contributed by atoms with Crippen LogP contribution in [0.15, 0.2) is 249 Å². The van der Waals surface area contributed by atoms with Gasteiger partial charge in [-0.15, -0.1) is 29.7 Å². The van der Waals surface area contributed by atoms with Crippen molar-refractivity contribution in [3.8, 4) is 62.1 Å². The van der Waals surface area contributed by atoms with Crippen LogP contribution < -0.4 is 14.2 Å². The number of rotatable bonds is 9. The fourth-order valence-corrected chi connectivity index (χ4v) is 10.8. The zero-order chi connectivity index (χ0) is 57.9. The number of imidazole rings is 1. The van der Waals surface area contributed by atoms with Crippen LogP contribution in [0, 0.1) is 18.5 Å². The minimum Gasteiger partial charge on any atom is -0.510 e. The van der Waals surface area contributed by atoms with Crippen molar-refractivity contribution >= 4 is 49.9 Å². The van der Waals surface area contributed by atoms with Crippen LogP contribution in [0.5, 0.6) is 11.5 Å². The SMILES string of the molecule is [2H]c1cc([2H])c([2H])c(-c2cccc(-c3c([2H])c([2H])c([2H])c([2H])c3[2H])c2-[n+]2[c-]n(-c3[c-]c(Oc4[c-]c5c(cc4)c4cc(-c6ccccc6)ccc4n5-c4cc(N5c6ccccc6C(C)(C)c6ccccc65)ccn4)ccc3)c3ccccc32)c1[2H].[Pt]. The van der Waals surface area contributed by atoms with Crippen LogP contribution >= 0.6 is 0 Å². The van der Waals surface area contributed by atoms with E-state index in [2.05, 4.69) is 133 Å². The number of benzene rings is 10. The first-order valence-corrected chi connectivity index (χ1v) is 24.6. The van der Waals surface area contributed by atoms with Gasteiger partial charge in [0.05, 0.1) is 46.1 Å². The largest absolute Gasteiger partial charge is 0.510 e. The molecule has 0 spiro atoms. The van der Waals surface area contributed by atoms with Gasteiger partial charge in [-0.05, 0) is 79.8 Å². The number of ether oxygens (including phenoxy) is 1. The Balaban J connectivity index is 0.00000672. The summed E-state index contributed by atoms with van der Waals surface area (Å²) in [6.45, 7) is 4.55. The average molecular weight is 1170 g/mol. The van der Waals surface area contributed by atoms with Gasteiger partial charge in [-0.1, -0.05) is 201 Å². The Morgan fingerprint density at radius 3 is 1.97 bits per heavy atom. The fourth-order valence-electron chi connectivity index (χ4n) is 10.8. The van der Waals surface area contributed by atoms with Gasteiger partial charge in [0.1, 0.15) is 5.82 Å². The molecular weight excluding hydrogens is 1110 g/mol. The van der Waals surface area contributed by atoms with Gasteiger partial charge in [-0.2, -0.15) is 18.2 Å². The van der Waals surface area contributed by atoms with Crippen molar-refractivity contribution in [2.45, 2.75) is 19.3 Å². The zero-order valence-electron chi connectivity index (χ0n) is 49.9. The summed E-state index contributed by atoms with van der Waals surface area (Å²) in [5, 5.41) is 1.95. The Labute approximate surface area is 468 Å². The van der Waals surface area contributed by atoms with E-state index in [4.69, 9.17) is 22.1 Å². The molecule has 6 nitrogen and oxygen atoms in total. The van der Waals surface area contributed by atoms with E-state index in [9.17, 15) is 0 Å². The van der Waals surface area contributed by atoms with Crippen LogP contribution in [0.25, 0.3) is 83.4 Å². The summed E-state index contributed by atoms with van der Waals surface area (Å²) >= 11 is 0. The first kappa shape index (κ1) is 37.6. The van der Waals surface area contributed by atoms with Crippen LogP contribution in [0.4, 0.5) is 17.1 Å². The summed E-state index contributed by atoms with van der Waals surface area (Å²) in [5.74, 6) is 1.46. The third-order valence-electron chi connectivity index (χ3n) is 14.2. The quantitative estimate of drug-likeness (QED) is 0.107. The van der Waals surface area contributed by atoms with Crippen LogP contribution in [0.3, 0.4) is 0 Å². The van der Waals surface area contributed by atoms with E-state index in [0.717, 1.165) is 56.1 Å². The molecule has 0 bridgehead atoms. The van der Waals surface area contributed by atoms with E-state index in [-0.39, 0.29) is 78.6 Å². The predicted molar refractivity (Wildman–Crippen MR) is 303 cm³/mol. The van der Waals surface area contributed by atoms with E-state index in [0.29, 0.717) is 34.0 Å². The molecule has 0 aliphatic carbocycles. The molecule has 3 aromatic heterocycles. The number of para-hydroxylation sites is 5. The molecule has 14 rings (SSSR count). The third kappa shape index (κ3) is 7.84. The molecule has 0 atom stereocenters. The molecule has 13 aromatic rings. The second-order valence-electron chi connectivity index (χ2n) is 18.9. The Morgan fingerprint density at radius 2 is 1.21 bits per heavy atom. The molecule has 0 fully saturated rings. The van der Waals surface area contributed by atoms with E-state index in [1.165, 1.54) is 11.1 Å². The Kier molecular flexibility index (Phi) is 9.40. The number of pyridine rings is 1. The molecule has 366 valence electrons. The van der Waals surface area contributed by atoms with Crippen molar-refractivity contribution in [2.75, 3.05) is 4.90 Å². The van der Waals surface area contributed by atoms with Crippen LogP contribution in [-0.4, -0.2) is 14.1 Å². The standard InChI is InChI=1S/C69H47N5O.Pt/c1-69(2)59-30-12-14-32-62(59)73(63-33-15-13-31-60(63)69)52-40-41-70-67(44-52)74-61-39-36-50(47-20-6-3-7-21-47)42-58(61)57-38-37-54(45-66(57)74)75-53-27-18-26-51(43-53)71-46-72(65-35-17-16-34-64(65)71)68-55(48-22-8-4-9-23-48)28-19-29-56(68)49-24-10-5-11-25-49;/h3-42,44H,1-2H3;/q-2;/i4D,8D,9D,10D,11D,22D,23D,24D,25D;. The smallest absolute Gasteiger partial charge is 0.268 e. The van der Waals surface area contributed by atoms with E-state index in [1.54, 1.807) is 33.4 Å². The Bertz CT molecular complexity index is 4780. The molecule has 0 unspecified atom stereocenters. The van der Waals surface area contributed by atoms with Crippen molar-refractivity contribution in [2.24, 2.45) is 0 Å². The zero-order valence-corrected chi connectivity index (χ0v) is 43.2. The monoisotopic (exact) mass is 1170 g/mol. The average Bonchev–Trinajstić information content (AvgIpc) is 2.34. The summed E-state index contributed by atoms with van der Waals surface area (Å²) in [6.07, 6.45) is 5.32. The molecule has 0 saturated heterocycles. The van der Waals surface area contributed by atoms with Crippen LogP contribution in [0.1, 0.15) is 37.3 Å². The first-order valence-electron chi connectivity index (χ1n) is 29.1. The molecule has 4 heterocycles. The van der Waals surface area contributed by atoms with Crippen molar-refractivity contribution in [1.29, 1.82) is 0 Å². The van der Waals surface area contributed by atoms with Gasteiger partial charge in [0.25, 0.3) is 6.33 Å². The maximum Gasteiger partial charge on any atom is 0.268 e. The van der Waals surface area contributed by atoms with Crippen molar-refractivity contribution in [3.63, 3.8) is 0 Å². The summed E-state index contributed by atoms with van der Waals surface area (Å²) in [6, 6.07) is 64.4. The van der Waals surface area contributed by atoms with Gasteiger partial charge >= 0.3 is 0 Å². The summed E-state index contributed by atoms with van der Waals surface area (Å²) in [7, 11) is 0. The second kappa shape index (κ2) is 19.0. The molecule has 76 heavy (non-hydrogen) atoms. The maximum absolute atomic E-state index is 9.09. The number of fused-ring (bicyclic) bond motifs is 6. The normalized spacial score (nSPS) is 14.2. The third-order valence-corrected chi connectivity index (χ3v) is 14.2. The second-order valence-corrected chi connectivity index (χ2v) is 18.9. The molecule has 1 aliphatic heterocycles. The van der Waals surface area contributed by atoms with Crippen molar-refractivity contribution in [1.82, 2.24) is 14.1 Å². The molecule has 0 amide bonds. The Morgan fingerprint density at radius 1 is 0.539 bits per heavy atom. The fraction of sp³-hybridized carbons (Fsp3) is 0.0435. The number of aromatic nitrogens is 4. The van der Waals surface area contributed by atoms with Gasteiger partial charge in [-0.3, -0.25) is 4.57 Å². The molecule has 1 aliphatic rings. The molecule has 0 saturated carbocycles. The predicted octanol–water partition coefficient (Wildman–Crippen LogP) is 16.7. The summed E-state index contributed by atoms with van der Waals surface area (Å²) in [4.78, 5) is 7.39. The minimum atomic E-state index is -0.558. The number of hydrogen-bond donors (Lipinski definition) is 0. The van der Waals surface area contributed by atoms with Crippen LogP contribution in [-0.2, 0) is 26.5 Å². The molecule has 7 heteroatoms. The van der Waals surface area contributed by atoms with Gasteiger partial charge in [0, 0.05) is 55.8 Å². The van der Waals surface area contributed by atoms with Gasteiger partial charge in [-0.25, -0.2) is 4.98 Å². The minimum absolute atomic E-state index is 0. The topological polar surface area (TPSA) is 39.1 Å². The number of anilines is 3. The van der Waals surface area contributed by atoms with Crippen molar-refractivity contribution in [3.05, 3.63) is 278 Å². The number of hydrogen-bond acceptors (Lipinski definition) is 3. The van der Waals surface area contributed by atoms with Crippen molar-refractivity contribution < 1.29 is 42.7 Å². The first-order chi connectivity index (χ1) is 40.7. The number of nitrogens with zero attached hydrogens (tertiary/aromatic N) is 5. The summed E-state index contributed by atoms with van der Waals surface area (Å²) < 4.78 is 91.5. The van der Waals surface area contributed by atoms with Crippen LogP contribution in [0.2, 0.25) is 0 Å². The van der Waals surface area contributed by atoms with Gasteiger partial charge < -0.3 is 18.8 Å². The van der Waals surface area contributed by atoms with E-state index < -0.39 is 30.2 Å². The van der Waals surface area contributed by atoms with Gasteiger partial charge in [0.15, 0.2) is 0 Å². The summed E-state index contributed by atoms with van der Waals surface area (Å²) in [5.41, 5.74) is 11.3. The Hall–Kier alpha value is -9.09. The molecule has 0 radical (unpaired) electrons. The van der Waals surface area contributed by atoms with E-state index >= 15 is 0 Å².